The molecule has 0 aliphatic rings. The number of amides is 1. The summed E-state index contributed by atoms with van der Waals surface area (Å²) in [5, 5.41) is 6.85. The van der Waals surface area contributed by atoms with Crippen LogP contribution in [0.4, 0.5) is 17.6 Å². The monoisotopic (exact) mass is 411 g/mol. The first kappa shape index (κ1) is 20.4. The zero-order chi connectivity index (χ0) is 21.1. The molecule has 0 saturated carbocycles. The first-order chi connectivity index (χ1) is 13.8. The number of carbonyl (C=O) groups excluding carboxylic acids is 1. The number of nitrogens with one attached hydrogen (secondary N) is 1. The van der Waals surface area contributed by atoms with E-state index >= 15 is 0 Å². The average molecular weight is 411 g/mol. The number of benzene rings is 1. The molecule has 10 heteroatoms. The average Bonchev–Trinajstić information content (AvgIpc) is 3.31. The molecule has 3 rings (SSSR count). The van der Waals surface area contributed by atoms with E-state index in [-0.39, 0.29) is 24.1 Å². The first-order valence-electron chi connectivity index (χ1n) is 8.65. The Bertz CT molecular complexity index is 1020. The molecule has 0 aliphatic carbocycles. The second kappa shape index (κ2) is 8.38. The molecule has 0 atom stereocenters. The maximum absolute atomic E-state index is 13.6. The van der Waals surface area contributed by atoms with Gasteiger partial charge < -0.3 is 14.5 Å². The zero-order valence-electron chi connectivity index (χ0n) is 15.6. The maximum atomic E-state index is 13.6. The van der Waals surface area contributed by atoms with E-state index in [0.29, 0.717) is 6.54 Å². The molecular formula is C19H17F4N3O3. The molecule has 0 aliphatic heterocycles. The Labute approximate surface area is 163 Å². The number of hydrogen-bond donors (Lipinski definition) is 1. The Morgan fingerprint density at radius 2 is 1.90 bits per heavy atom. The van der Waals surface area contributed by atoms with Gasteiger partial charge in [-0.25, -0.2) is 8.78 Å². The minimum absolute atomic E-state index is 0.0357. The number of carbonyl (C=O) groups is 1. The predicted octanol–water partition coefficient (Wildman–Crippen LogP) is 3.87. The lowest BCUT2D eigenvalue weighted by atomic mass is 10.2. The highest BCUT2D eigenvalue weighted by Gasteiger charge is 2.21. The molecule has 2 aromatic heterocycles. The summed E-state index contributed by atoms with van der Waals surface area (Å²) in [5.74, 6) is -8.22. The van der Waals surface area contributed by atoms with Crippen molar-refractivity contribution in [2.45, 2.75) is 33.5 Å². The van der Waals surface area contributed by atoms with Crippen LogP contribution >= 0.6 is 0 Å². The smallest absolute Gasteiger partial charge is 0.287 e. The lowest BCUT2D eigenvalue weighted by Gasteiger charge is -2.08. The van der Waals surface area contributed by atoms with Gasteiger partial charge in [0.1, 0.15) is 12.4 Å². The summed E-state index contributed by atoms with van der Waals surface area (Å²) in [6.45, 7) is 4.24. The number of aromatic nitrogens is 2. The fourth-order valence-electron chi connectivity index (χ4n) is 2.64. The van der Waals surface area contributed by atoms with Crippen LogP contribution < -0.4 is 10.1 Å². The minimum atomic E-state index is -1.66. The molecule has 0 unspecified atom stereocenters. The third kappa shape index (κ3) is 4.25. The van der Waals surface area contributed by atoms with Crippen LogP contribution in [0.1, 0.15) is 34.5 Å². The Kier molecular flexibility index (Phi) is 5.90. The summed E-state index contributed by atoms with van der Waals surface area (Å²) in [6, 6.07) is 2.77. The van der Waals surface area contributed by atoms with Crippen molar-refractivity contribution in [2.24, 2.45) is 0 Å². The van der Waals surface area contributed by atoms with Crippen LogP contribution in [0.25, 0.3) is 0 Å². The van der Waals surface area contributed by atoms with E-state index in [1.54, 1.807) is 10.9 Å². The molecule has 1 N–H and O–H groups in total. The normalized spacial score (nSPS) is 11.0. The van der Waals surface area contributed by atoms with Gasteiger partial charge in [0, 0.05) is 30.4 Å². The quantitative estimate of drug-likeness (QED) is 0.473. The molecule has 1 amide bonds. The van der Waals surface area contributed by atoms with Crippen molar-refractivity contribution in [1.29, 1.82) is 0 Å². The second-order valence-corrected chi connectivity index (χ2v) is 6.11. The van der Waals surface area contributed by atoms with Crippen molar-refractivity contribution >= 4 is 5.91 Å². The molecule has 1 aromatic carbocycles. The van der Waals surface area contributed by atoms with Crippen molar-refractivity contribution < 1.29 is 31.5 Å². The maximum Gasteiger partial charge on any atom is 0.287 e. The van der Waals surface area contributed by atoms with E-state index in [0.717, 1.165) is 11.3 Å². The Balaban J connectivity index is 1.62. The molecule has 0 fully saturated rings. The summed E-state index contributed by atoms with van der Waals surface area (Å²) in [4.78, 5) is 12.2. The summed E-state index contributed by atoms with van der Waals surface area (Å²) < 4.78 is 65.4. The molecule has 0 saturated heterocycles. The first-order valence-corrected chi connectivity index (χ1v) is 8.65. The van der Waals surface area contributed by atoms with Crippen LogP contribution in [0, 0.1) is 30.2 Å². The van der Waals surface area contributed by atoms with Crippen LogP contribution in [0.3, 0.4) is 0 Å². The molecule has 0 bridgehead atoms. The number of aryl methyl sites for hydroxylation is 1. The van der Waals surface area contributed by atoms with E-state index in [2.05, 4.69) is 10.4 Å². The molecule has 154 valence electrons. The number of ether oxygens (including phenoxy) is 1. The number of hydrogen-bond acceptors (Lipinski definition) is 4. The summed E-state index contributed by atoms with van der Waals surface area (Å²) >= 11 is 0. The molecule has 0 spiro atoms. The van der Waals surface area contributed by atoms with Gasteiger partial charge in [0.05, 0.1) is 6.20 Å². The van der Waals surface area contributed by atoms with Crippen molar-refractivity contribution in [1.82, 2.24) is 15.1 Å². The van der Waals surface area contributed by atoms with Gasteiger partial charge in [-0.3, -0.25) is 9.48 Å². The van der Waals surface area contributed by atoms with Crippen LogP contribution in [-0.2, 0) is 19.7 Å². The number of rotatable bonds is 7. The topological polar surface area (TPSA) is 69.3 Å². The van der Waals surface area contributed by atoms with Crippen LogP contribution in [0.2, 0.25) is 0 Å². The van der Waals surface area contributed by atoms with Gasteiger partial charge in [-0.2, -0.15) is 13.9 Å². The minimum Gasteiger partial charge on any atom is -0.479 e. The second-order valence-electron chi connectivity index (χ2n) is 6.11. The van der Waals surface area contributed by atoms with Gasteiger partial charge in [-0.1, -0.05) is 0 Å². The number of nitrogens with zero attached hydrogens (tertiary/aromatic N) is 2. The van der Waals surface area contributed by atoms with E-state index in [9.17, 15) is 22.4 Å². The molecular weight excluding hydrogens is 394 g/mol. The van der Waals surface area contributed by atoms with E-state index in [4.69, 9.17) is 9.15 Å². The third-order valence-electron chi connectivity index (χ3n) is 4.26. The van der Waals surface area contributed by atoms with Crippen molar-refractivity contribution in [3.05, 3.63) is 70.4 Å². The predicted molar refractivity (Wildman–Crippen MR) is 93.1 cm³/mol. The van der Waals surface area contributed by atoms with E-state index in [1.165, 1.54) is 12.1 Å². The molecule has 29 heavy (non-hydrogen) atoms. The highest BCUT2D eigenvalue weighted by molar-refractivity contribution is 5.91. The van der Waals surface area contributed by atoms with Crippen LogP contribution in [-0.4, -0.2) is 15.7 Å². The summed E-state index contributed by atoms with van der Waals surface area (Å²) in [6.07, 6.45) is 1.65. The highest BCUT2D eigenvalue weighted by Crippen LogP contribution is 2.27. The van der Waals surface area contributed by atoms with Gasteiger partial charge in [0.2, 0.25) is 11.6 Å². The lowest BCUT2D eigenvalue weighted by Crippen LogP contribution is -2.22. The van der Waals surface area contributed by atoms with Crippen LogP contribution in [0.15, 0.2) is 28.8 Å². The highest BCUT2D eigenvalue weighted by atomic mass is 19.2. The van der Waals surface area contributed by atoms with Gasteiger partial charge in [0.25, 0.3) is 5.91 Å². The van der Waals surface area contributed by atoms with Gasteiger partial charge in [-0.05, 0) is 26.0 Å². The molecule has 0 radical (unpaired) electrons. The van der Waals surface area contributed by atoms with Gasteiger partial charge >= 0.3 is 0 Å². The Hall–Kier alpha value is -3.30. The van der Waals surface area contributed by atoms with Crippen molar-refractivity contribution in [3.8, 4) is 5.75 Å². The Morgan fingerprint density at radius 3 is 2.52 bits per heavy atom. The van der Waals surface area contributed by atoms with Crippen molar-refractivity contribution in [3.63, 3.8) is 0 Å². The molecule has 3 aromatic rings. The van der Waals surface area contributed by atoms with Gasteiger partial charge in [-0.15, -0.1) is 0 Å². The number of furan rings is 1. The van der Waals surface area contributed by atoms with Crippen LogP contribution in [0.5, 0.6) is 5.75 Å². The summed E-state index contributed by atoms with van der Waals surface area (Å²) in [5.41, 5.74) is 1.77. The largest absolute Gasteiger partial charge is 0.479 e. The standard InChI is InChI=1S/C19H17F4N3O3/c1-3-26-10(2)11(8-25-26)7-24-19(27)15-5-4-12(29-15)9-28-18-16(22)13(20)6-14(21)17(18)23/h4-6,8H,3,7,9H2,1-2H3,(H,24,27). The Morgan fingerprint density at radius 1 is 1.21 bits per heavy atom. The third-order valence-corrected chi connectivity index (χ3v) is 4.26. The van der Waals surface area contributed by atoms with E-state index in [1.807, 2.05) is 13.8 Å². The molecule has 2 heterocycles. The molecule has 6 nitrogen and oxygen atoms in total. The summed E-state index contributed by atoms with van der Waals surface area (Å²) in [7, 11) is 0. The lowest BCUT2D eigenvalue weighted by molar-refractivity contribution is 0.0918. The fraction of sp³-hybridized carbons (Fsp3) is 0.263. The zero-order valence-corrected chi connectivity index (χ0v) is 15.6. The van der Waals surface area contributed by atoms with E-state index < -0.39 is 41.5 Å². The van der Waals surface area contributed by atoms with Gasteiger partial charge in [0.15, 0.2) is 23.1 Å². The van der Waals surface area contributed by atoms with Crippen molar-refractivity contribution in [2.75, 3.05) is 0 Å². The number of halogens is 4. The SMILES string of the molecule is CCn1ncc(CNC(=O)c2ccc(COc3c(F)c(F)cc(F)c3F)o2)c1C. The fourth-order valence-corrected chi connectivity index (χ4v) is 2.64.